The van der Waals surface area contributed by atoms with Crippen molar-refractivity contribution in [3.63, 3.8) is 0 Å². The third-order valence-corrected chi connectivity index (χ3v) is 3.75. The van der Waals surface area contributed by atoms with Gasteiger partial charge in [0.05, 0.1) is 12.7 Å². The summed E-state index contributed by atoms with van der Waals surface area (Å²) in [6.07, 6.45) is 2.94. The number of sulfonamides is 1. The van der Waals surface area contributed by atoms with E-state index in [2.05, 4.69) is 15.1 Å². The fourth-order valence-electron chi connectivity index (χ4n) is 1.34. The zero-order valence-electron chi connectivity index (χ0n) is 11.2. The standard InChI is InChI=1S/C11H22N4O2S/c1-4-12-5-6-15-9-11(8-13-15)18(16,17)14-7-10(2)3/h8-10,12,14H,4-7H2,1-3H3. The fourth-order valence-corrected chi connectivity index (χ4v) is 2.50. The van der Waals surface area contributed by atoms with Crippen LogP contribution in [0.4, 0.5) is 0 Å². The Morgan fingerprint density at radius 2 is 2.17 bits per heavy atom. The van der Waals surface area contributed by atoms with Gasteiger partial charge < -0.3 is 5.32 Å². The molecule has 0 aliphatic heterocycles. The van der Waals surface area contributed by atoms with Crippen LogP contribution in [0.1, 0.15) is 20.8 Å². The molecule has 1 aromatic heterocycles. The number of hydrogen-bond acceptors (Lipinski definition) is 4. The molecule has 0 aromatic carbocycles. The third kappa shape index (κ3) is 4.75. The summed E-state index contributed by atoms with van der Waals surface area (Å²) in [6, 6.07) is 0. The van der Waals surface area contributed by atoms with Crippen molar-refractivity contribution < 1.29 is 8.42 Å². The van der Waals surface area contributed by atoms with Gasteiger partial charge in [0.2, 0.25) is 10.0 Å². The van der Waals surface area contributed by atoms with Gasteiger partial charge in [-0.2, -0.15) is 5.10 Å². The van der Waals surface area contributed by atoms with Gasteiger partial charge in [0, 0.05) is 19.3 Å². The first-order chi connectivity index (χ1) is 8.45. The smallest absolute Gasteiger partial charge is 0.243 e. The zero-order chi connectivity index (χ0) is 13.6. The summed E-state index contributed by atoms with van der Waals surface area (Å²) < 4.78 is 28.0. The van der Waals surface area contributed by atoms with Crippen LogP contribution in [-0.2, 0) is 16.6 Å². The highest BCUT2D eigenvalue weighted by Gasteiger charge is 2.16. The Morgan fingerprint density at radius 1 is 1.44 bits per heavy atom. The SMILES string of the molecule is CCNCCn1cc(S(=O)(=O)NCC(C)C)cn1. The molecule has 6 nitrogen and oxygen atoms in total. The van der Waals surface area contributed by atoms with E-state index in [0.29, 0.717) is 13.1 Å². The number of likely N-dealkylation sites (N-methyl/N-ethyl adjacent to an activating group) is 1. The van der Waals surface area contributed by atoms with Crippen molar-refractivity contribution >= 4 is 10.0 Å². The molecule has 0 bridgehead atoms. The number of hydrogen-bond donors (Lipinski definition) is 2. The Kier molecular flexibility index (Phi) is 5.77. The molecule has 7 heteroatoms. The monoisotopic (exact) mass is 274 g/mol. The molecule has 1 rings (SSSR count). The normalized spacial score (nSPS) is 12.2. The Labute approximate surface area is 109 Å². The van der Waals surface area contributed by atoms with E-state index in [1.165, 1.54) is 6.20 Å². The number of nitrogens with zero attached hydrogens (tertiary/aromatic N) is 2. The van der Waals surface area contributed by atoms with Crippen molar-refractivity contribution in [2.45, 2.75) is 32.2 Å². The second kappa shape index (κ2) is 6.86. The maximum absolute atomic E-state index is 11.9. The summed E-state index contributed by atoms with van der Waals surface area (Å²) in [4.78, 5) is 0.222. The molecule has 0 spiro atoms. The number of nitrogens with one attached hydrogen (secondary N) is 2. The summed E-state index contributed by atoms with van der Waals surface area (Å²) in [7, 11) is -3.42. The van der Waals surface area contributed by atoms with Crippen LogP contribution in [0.25, 0.3) is 0 Å². The topological polar surface area (TPSA) is 76.0 Å². The summed E-state index contributed by atoms with van der Waals surface area (Å²) in [5.41, 5.74) is 0. The van der Waals surface area contributed by atoms with Crippen LogP contribution in [0.2, 0.25) is 0 Å². The molecule has 0 saturated carbocycles. The predicted octanol–water partition coefficient (Wildman–Crippen LogP) is 0.427. The van der Waals surface area contributed by atoms with Crippen molar-refractivity contribution in [1.29, 1.82) is 0 Å². The molecule has 0 aliphatic carbocycles. The summed E-state index contributed by atoms with van der Waals surface area (Å²) in [5.74, 6) is 0.281. The molecule has 1 heterocycles. The van der Waals surface area contributed by atoms with Gasteiger partial charge in [-0.15, -0.1) is 0 Å². The fraction of sp³-hybridized carbons (Fsp3) is 0.727. The second-order valence-corrected chi connectivity index (χ2v) is 6.31. The first-order valence-corrected chi connectivity index (χ1v) is 7.67. The van der Waals surface area contributed by atoms with Crippen LogP contribution in [0.15, 0.2) is 17.3 Å². The Balaban J connectivity index is 2.60. The molecule has 104 valence electrons. The average Bonchev–Trinajstić information content (AvgIpc) is 2.76. The first kappa shape index (κ1) is 15.1. The van der Waals surface area contributed by atoms with E-state index in [-0.39, 0.29) is 10.8 Å². The van der Waals surface area contributed by atoms with Gasteiger partial charge in [-0.1, -0.05) is 20.8 Å². The summed E-state index contributed by atoms with van der Waals surface area (Å²) in [6.45, 7) is 8.71. The first-order valence-electron chi connectivity index (χ1n) is 6.18. The maximum atomic E-state index is 11.9. The molecular formula is C11H22N4O2S. The van der Waals surface area contributed by atoms with Gasteiger partial charge in [-0.3, -0.25) is 4.68 Å². The molecule has 0 fully saturated rings. The lowest BCUT2D eigenvalue weighted by Gasteiger charge is -2.06. The molecule has 18 heavy (non-hydrogen) atoms. The van der Waals surface area contributed by atoms with Crippen LogP contribution in [0, 0.1) is 5.92 Å². The van der Waals surface area contributed by atoms with Crippen LogP contribution < -0.4 is 10.0 Å². The highest BCUT2D eigenvalue weighted by atomic mass is 32.2. The average molecular weight is 274 g/mol. The van der Waals surface area contributed by atoms with Crippen molar-refractivity contribution in [3.8, 4) is 0 Å². The molecule has 0 radical (unpaired) electrons. The van der Waals surface area contributed by atoms with E-state index in [1.807, 2.05) is 20.8 Å². The molecule has 2 N–H and O–H groups in total. The van der Waals surface area contributed by atoms with Gasteiger partial charge in [0.15, 0.2) is 0 Å². The van der Waals surface area contributed by atoms with E-state index in [0.717, 1.165) is 13.1 Å². The van der Waals surface area contributed by atoms with Gasteiger partial charge in [0.25, 0.3) is 0 Å². The summed E-state index contributed by atoms with van der Waals surface area (Å²) >= 11 is 0. The Bertz CT molecular complexity index is 453. The van der Waals surface area contributed by atoms with Crippen LogP contribution in [0.3, 0.4) is 0 Å². The third-order valence-electron chi connectivity index (χ3n) is 2.37. The van der Waals surface area contributed by atoms with Crippen molar-refractivity contribution in [2.24, 2.45) is 5.92 Å². The highest BCUT2D eigenvalue weighted by Crippen LogP contribution is 2.07. The molecule has 0 aliphatic rings. The van der Waals surface area contributed by atoms with Crippen LogP contribution in [0.5, 0.6) is 0 Å². The van der Waals surface area contributed by atoms with E-state index in [4.69, 9.17) is 0 Å². The van der Waals surface area contributed by atoms with Gasteiger partial charge in [-0.25, -0.2) is 13.1 Å². The van der Waals surface area contributed by atoms with Crippen molar-refractivity contribution in [1.82, 2.24) is 19.8 Å². The predicted molar refractivity (Wildman–Crippen MR) is 70.8 cm³/mol. The van der Waals surface area contributed by atoms with Crippen LogP contribution >= 0.6 is 0 Å². The Hall–Kier alpha value is -0.920. The highest BCUT2D eigenvalue weighted by molar-refractivity contribution is 7.89. The maximum Gasteiger partial charge on any atom is 0.243 e. The number of aromatic nitrogens is 2. The quantitative estimate of drug-likeness (QED) is 0.674. The van der Waals surface area contributed by atoms with Gasteiger partial charge in [-0.05, 0) is 12.5 Å². The lowest BCUT2D eigenvalue weighted by atomic mass is 10.2. The van der Waals surface area contributed by atoms with Crippen molar-refractivity contribution in [3.05, 3.63) is 12.4 Å². The largest absolute Gasteiger partial charge is 0.315 e. The molecule has 0 atom stereocenters. The minimum Gasteiger partial charge on any atom is -0.315 e. The second-order valence-electron chi connectivity index (χ2n) is 4.54. The van der Waals surface area contributed by atoms with Crippen molar-refractivity contribution in [2.75, 3.05) is 19.6 Å². The number of rotatable bonds is 8. The minimum absolute atomic E-state index is 0.222. The van der Waals surface area contributed by atoms with Gasteiger partial charge in [0.1, 0.15) is 4.90 Å². The van der Waals surface area contributed by atoms with E-state index in [9.17, 15) is 8.42 Å². The summed E-state index contributed by atoms with van der Waals surface area (Å²) in [5, 5.41) is 7.20. The Morgan fingerprint density at radius 3 is 2.78 bits per heavy atom. The zero-order valence-corrected chi connectivity index (χ0v) is 12.0. The van der Waals surface area contributed by atoms with E-state index < -0.39 is 10.0 Å². The minimum atomic E-state index is -3.42. The molecule has 0 amide bonds. The lowest BCUT2D eigenvalue weighted by molar-refractivity contribution is 0.556. The lowest BCUT2D eigenvalue weighted by Crippen LogP contribution is -2.27. The molecule has 0 unspecified atom stereocenters. The van der Waals surface area contributed by atoms with E-state index in [1.54, 1.807) is 10.9 Å². The molecule has 1 aromatic rings. The van der Waals surface area contributed by atoms with E-state index >= 15 is 0 Å². The van der Waals surface area contributed by atoms with Gasteiger partial charge >= 0.3 is 0 Å². The molecule has 0 saturated heterocycles. The van der Waals surface area contributed by atoms with Crippen LogP contribution in [-0.4, -0.2) is 37.8 Å². The molecular weight excluding hydrogens is 252 g/mol.